The summed E-state index contributed by atoms with van der Waals surface area (Å²) in [4.78, 5) is 0. The number of nitrogens with one attached hydrogen (secondary N) is 1. The number of hydrazine groups is 1. The molecule has 0 aromatic rings. The maximum absolute atomic E-state index is 5.02. The minimum Gasteiger partial charge on any atom is -0.270 e. The molecule has 0 atom stereocenters. The van der Waals surface area contributed by atoms with Crippen molar-refractivity contribution in [2.75, 3.05) is 0 Å². The van der Waals surface area contributed by atoms with Crippen LogP contribution in [0.2, 0.25) is 0 Å². The highest BCUT2D eigenvalue weighted by atomic mass is 15.2. The first-order chi connectivity index (χ1) is 3.12. The summed E-state index contributed by atoms with van der Waals surface area (Å²) in [6.45, 7) is 3.65. The quantitative estimate of drug-likeness (QED) is 0.272. The summed E-state index contributed by atoms with van der Waals surface area (Å²) < 4.78 is 0. The third-order valence-electron chi connectivity index (χ3n) is 0.722. The summed E-state index contributed by atoms with van der Waals surface area (Å²) >= 11 is 0. The lowest BCUT2D eigenvalue weighted by Gasteiger charge is -2.13. The zero-order valence-electron chi connectivity index (χ0n) is 4.65. The number of hydrogen-bond donors (Lipinski definition) is 2. The van der Waals surface area contributed by atoms with Crippen molar-refractivity contribution >= 4 is 0 Å². The molecule has 0 amide bonds. The molecular formula is C5H10N2. The minimum atomic E-state index is -0.361. The Kier molecular flexibility index (Phi) is 1.82. The predicted molar refractivity (Wildman–Crippen MR) is 30.2 cm³/mol. The van der Waals surface area contributed by atoms with Gasteiger partial charge in [-0.25, -0.2) is 5.43 Å². The molecule has 0 rings (SSSR count). The molecule has 0 heterocycles. The molecule has 7 heavy (non-hydrogen) atoms. The molecule has 3 N–H and O–H groups in total. The molecule has 0 aliphatic carbocycles. The van der Waals surface area contributed by atoms with Gasteiger partial charge < -0.3 is 0 Å². The van der Waals surface area contributed by atoms with Crippen LogP contribution in [0.4, 0.5) is 0 Å². The average Bonchev–Trinajstić information content (AvgIpc) is 1.68. The smallest absolute Gasteiger partial charge is 0.0866 e. The highest BCUT2D eigenvalue weighted by molar-refractivity contribution is 5.05. The van der Waals surface area contributed by atoms with Gasteiger partial charge in [0.15, 0.2) is 0 Å². The Hall–Kier alpha value is -0.520. The number of nitrogens with two attached hydrogens (primary N) is 1. The first kappa shape index (κ1) is 6.48. The first-order valence-electron chi connectivity index (χ1n) is 2.08. The maximum Gasteiger partial charge on any atom is 0.0866 e. The van der Waals surface area contributed by atoms with E-state index in [4.69, 9.17) is 12.3 Å². The van der Waals surface area contributed by atoms with Gasteiger partial charge in [-0.3, -0.25) is 5.84 Å². The van der Waals surface area contributed by atoms with Crippen molar-refractivity contribution in [1.29, 1.82) is 0 Å². The normalized spacial score (nSPS) is 10.6. The molecule has 0 saturated heterocycles. The maximum atomic E-state index is 5.02. The summed E-state index contributed by atoms with van der Waals surface area (Å²) in [5.74, 6) is 7.48. The summed E-state index contributed by atoms with van der Waals surface area (Å²) in [5, 5.41) is 0. The lowest BCUT2D eigenvalue weighted by molar-refractivity contribution is 0.510. The van der Waals surface area contributed by atoms with Gasteiger partial charge in [-0.15, -0.1) is 6.42 Å². The second-order valence-corrected chi connectivity index (χ2v) is 1.91. The third-order valence-corrected chi connectivity index (χ3v) is 0.722. The monoisotopic (exact) mass is 98.1 g/mol. The van der Waals surface area contributed by atoms with Gasteiger partial charge in [0.1, 0.15) is 0 Å². The van der Waals surface area contributed by atoms with Gasteiger partial charge >= 0.3 is 0 Å². The molecule has 0 unspecified atom stereocenters. The Balaban J connectivity index is 3.66. The van der Waals surface area contributed by atoms with E-state index in [1.165, 1.54) is 0 Å². The van der Waals surface area contributed by atoms with Crippen molar-refractivity contribution in [2.24, 2.45) is 5.84 Å². The molecule has 0 bridgehead atoms. The van der Waals surface area contributed by atoms with Crippen LogP contribution in [0, 0.1) is 12.3 Å². The van der Waals surface area contributed by atoms with E-state index < -0.39 is 0 Å². The van der Waals surface area contributed by atoms with E-state index in [-0.39, 0.29) is 5.54 Å². The largest absolute Gasteiger partial charge is 0.270 e. The van der Waals surface area contributed by atoms with Crippen molar-refractivity contribution in [3.8, 4) is 12.3 Å². The Labute approximate surface area is 44.1 Å². The zero-order valence-corrected chi connectivity index (χ0v) is 4.65. The lowest BCUT2D eigenvalue weighted by Crippen LogP contribution is -2.42. The molecule has 0 fully saturated rings. The molecule has 0 aromatic heterocycles. The molecule has 0 aliphatic heterocycles. The standard InChI is InChI=1S/C5H10N2/c1-4-5(2,3)7-6/h1,7H,6H2,2-3H3. The van der Waals surface area contributed by atoms with Crippen molar-refractivity contribution < 1.29 is 0 Å². The van der Waals surface area contributed by atoms with Crippen LogP contribution in [0.25, 0.3) is 0 Å². The minimum absolute atomic E-state index is 0.361. The fourth-order valence-corrected chi connectivity index (χ4v) is 0.0417. The Bertz CT molecular complexity index is 88.7. The van der Waals surface area contributed by atoms with Gasteiger partial charge in [-0.1, -0.05) is 5.92 Å². The van der Waals surface area contributed by atoms with Crippen molar-refractivity contribution in [2.45, 2.75) is 19.4 Å². The van der Waals surface area contributed by atoms with E-state index in [2.05, 4.69) is 11.3 Å². The van der Waals surface area contributed by atoms with Crippen LogP contribution < -0.4 is 11.3 Å². The number of rotatable bonds is 1. The Morgan fingerprint density at radius 1 is 1.71 bits per heavy atom. The Morgan fingerprint density at radius 2 is 2.14 bits per heavy atom. The van der Waals surface area contributed by atoms with Crippen LogP contribution in [0.15, 0.2) is 0 Å². The Morgan fingerprint density at radius 3 is 2.14 bits per heavy atom. The van der Waals surface area contributed by atoms with E-state index in [0.717, 1.165) is 0 Å². The molecular weight excluding hydrogens is 88.1 g/mol. The van der Waals surface area contributed by atoms with Crippen LogP contribution in [0.1, 0.15) is 13.8 Å². The highest BCUT2D eigenvalue weighted by Crippen LogP contribution is 1.93. The van der Waals surface area contributed by atoms with Gasteiger partial charge in [0.05, 0.1) is 5.54 Å². The van der Waals surface area contributed by atoms with E-state index in [1.807, 2.05) is 13.8 Å². The molecule has 2 heteroatoms. The van der Waals surface area contributed by atoms with Crippen molar-refractivity contribution in [1.82, 2.24) is 5.43 Å². The molecule has 0 saturated carbocycles. The zero-order chi connectivity index (χ0) is 5.91. The second-order valence-electron chi connectivity index (χ2n) is 1.91. The summed E-state index contributed by atoms with van der Waals surface area (Å²) in [5.41, 5.74) is 2.09. The summed E-state index contributed by atoms with van der Waals surface area (Å²) in [6, 6.07) is 0. The van der Waals surface area contributed by atoms with E-state index in [0.29, 0.717) is 0 Å². The van der Waals surface area contributed by atoms with Gasteiger partial charge in [-0.05, 0) is 13.8 Å². The fourth-order valence-electron chi connectivity index (χ4n) is 0.0417. The number of hydrogen-bond acceptors (Lipinski definition) is 2. The van der Waals surface area contributed by atoms with Gasteiger partial charge in [0, 0.05) is 0 Å². The van der Waals surface area contributed by atoms with Crippen LogP contribution in [0.3, 0.4) is 0 Å². The molecule has 2 nitrogen and oxygen atoms in total. The lowest BCUT2D eigenvalue weighted by atomic mass is 10.1. The topological polar surface area (TPSA) is 38.0 Å². The SMILES string of the molecule is C#CC(C)(C)NN. The molecule has 0 aromatic carbocycles. The van der Waals surface area contributed by atoms with Crippen LogP contribution in [-0.4, -0.2) is 5.54 Å². The van der Waals surface area contributed by atoms with Gasteiger partial charge in [0.2, 0.25) is 0 Å². The van der Waals surface area contributed by atoms with Crippen molar-refractivity contribution in [3.05, 3.63) is 0 Å². The predicted octanol–water partition coefficient (Wildman–Crippen LogP) is -0.138. The van der Waals surface area contributed by atoms with E-state index in [9.17, 15) is 0 Å². The number of terminal acetylenes is 1. The van der Waals surface area contributed by atoms with E-state index in [1.54, 1.807) is 0 Å². The highest BCUT2D eigenvalue weighted by Gasteiger charge is 2.07. The van der Waals surface area contributed by atoms with Crippen molar-refractivity contribution in [3.63, 3.8) is 0 Å². The first-order valence-corrected chi connectivity index (χ1v) is 2.08. The molecule has 0 aliphatic rings. The summed E-state index contributed by atoms with van der Waals surface area (Å²) in [7, 11) is 0. The van der Waals surface area contributed by atoms with Crippen LogP contribution in [0.5, 0.6) is 0 Å². The van der Waals surface area contributed by atoms with Crippen LogP contribution in [-0.2, 0) is 0 Å². The van der Waals surface area contributed by atoms with Gasteiger partial charge in [-0.2, -0.15) is 0 Å². The summed E-state index contributed by atoms with van der Waals surface area (Å²) in [6.07, 6.45) is 5.02. The van der Waals surface area contributed by atoms with Crippen LogP contribution >= 0.6 is 0 Å². The van der Waals surface area contributed by atoms with Gasteiger partial charge in [0.25, 0.3) is 0 Å². The second kappa shape index (κ2) is 1.97. The molecule has 0 radical (unpaired) electrons. The third kappa shape index (κ3) is 2.21. The molecule has 40 valence electrons. The molecule has 0 spiro atoms. The fraction of sp³-hybridized carbons (Fsp3) is 0.600. The average molecular weight is 98.1 g/mol. The van der Waals surface area contributed by atoms with E-state index >= 15 is 0 Å².